The molecule has 0 saturated heterocycles. The molecule has 1 aliphatic carbocycles. The first kappa shape index (κ1) is 10.2. The highest BCUT2D eigenvalue weighted by Crippen LogP contribution is 2.39. The minimum Gasteiger partial charge on any atom is -0.241 e. The van der Waals surface area contributed by atoms with Gasteiger partial charge in [-0.3, -0.25) is 0 Å². The van der Waals surface area contributed by atoms with Gasteiger partial charge >= 0.3 is 0 Å². The van der Waals surface area contributed by atoms with Gasteiger partial charge in [0.1, 0.15) is 0 Å². The second-order valence-corrected chi connectivity index (χ2v) is 4.96. The topological polar surface area (TPSA) is 17.8 Å². The third-order valence-corrected chi connectivity index (χ3v) is 3.15. The first-order chi connectivity index (χ1) is 7.72. The summed E-state index contributed by atoms with van der Waals surface area (Å²) in [6.45, 7) is 0. The van der Waals surface area contributed by atoms with Gasteiger partial charge in [0.05, 0.1) is 11.4 Å². The van der Waals surface area contributed by atoms with Gasteiger partial charge in [0.2, 0.25) is 0 Å². The second kappa shape index (κ2) is 3.79. The van der Waals surface area contributed by atoms with Gasteiger partial charge < -0.3 is 0 Å². The van der Waals surface area contributed by atoms with E-state index in [2.05, 4.69) is 11.2 Å². The van der Waals surface area contributed by atoms with Crippen molar-refractivity contribution in [3.05, 3.63) is 46.2 Å². The molecular formula is C12H10Cl2N2. The van der Waals surface area contributed by atoms with Crippen LogP contribution in [0.4, 0.5) is 0 Å². The number of nitrogens with zero attached hydrogens (tertiary/aromatic N) is 2. The first-order valence-corrected chi connectivity index (χ1v) is 6.00. The van der Waals surface area contributed by atoms with Gasteiger partial charge in [-0.1, -0.05) is 23.2 Å². The van der Waals surface area contributed by atoms with E-state index >= 15 is 0 Å². The maximum atomic E-state index is 5.96. The van der Waals surface area contributed by atoms with Gasteiger partial charge in [0, 0.05) is 22.2 Å². The fourth-order valence-corrected chi connectivity index (χ4v) is 2.26. The lowest BCUT2D eigenvalue weighted by Crippen LogP contribution is -1.95. The third kappa shape index (κ3) is 1.95. The van der Waals surface area contributed by atoms with E-state index in [1.54, 1.807) is 6.07 Å². The van der Waals surface area contributed by atoms with Crippen molar-refractivity contribution in [2.45, 2.75) is 18.8 Å². The maximum Gasteiger partial charge on any atom is 0.0675 e. The summed E-state index contributed by atoms with van der Waals surface area (Å²) in [6, 6.07) is 7.50. The Balaban J connectivity index is 2.00. The van der Waals surface area contributed by atoms with Gasteiger partial charge in [-0.2, -0.15) is 5.10 Å². The molecule has 0 amide bonds. The Labute approximate surface area is 104 Å². The van der Waals surface area contributed by atoms with Crippen molar-refractivity contribution in [3.63, 3.8) is 0 Å². The van der Waals surface area contributed by atoms with Gasteiger partial charge in [0.15, 0.2) is 0 Å². The molecule has 0 unspecified atom stereocenters. The summed E-state index contributed by atoms with van der Waals surface area (Å²) in [5.41, 5.74) is 2.07. The number of rotatable bonds is 2. The highest BCUT2D eigenvalue weighted by Gasteiger charge is 2.25. The Kier molecular flexibility index (Phi) is 2.41. The highest BCUT2D eigenvalue weighted by atomic mass is 35.5. The van der Waals surface area contributed by atoms with Crippen LogP contribution in [0, 0.1) is 0 Å². The summed E-state index contributed by atoms with van der Waals surface area (Å²) in [5, 5.41) is 5.79. The summed E-state index contributed by atoms with van der Waals surface area (Å²) in [4.78, 5) is 0. The molecular weight excluding hydrogens is 243 g/mol. The van der Waals surface area contributed by atoms with Crippen LogP contribution >= 0.6 is 23.2 Å². The minimum absolute atomic E-state index is 0.631. The van der Waals surface area contributed by atoms with Crippen LogP contribution in [0.25, 0.3) is 5.69 Å². The molecule has 2 aromatic rings. The highest BCUT2D eigenvalue weighted by molar-refractivity contribution is 6.34. The summed E-state index contributed by atoms with van der Waals surface area (Å²) in [7, 11) is 0. The number of aromatic nitrogens is 2. The number of hydrogen-bond acceptors (Lipinski definition) is 1. The third-order valence-electron chi connectivity index (χ3n) is 2.72. The van der Waals surface area contributed by atoms with Crippen molar-refractivity contribution in [1.29, 1.82) is 0 Å². The lowest BCUT2D eigenvalue weighted by Gasteiger charge is -2.02. The minimum atomic E-state index is 0.631. The van der Waals surface area contributed by atoms with Crippen LogP contribution in [-0.4, -0.2) is 9.78 Å². The van der Waals surface area contributed by atoms with E-state index in [1.807, 2.05) is 23.0 Å². The van der Waals surface area contributed by atoms with Gasteiger partial charge in [-0.05, 0) is 37.1 Å². The zero-order chi connectivity index (χ0) is 11.1. The largest absolute Gasteiger partial charge is 0.241 e. The Morgan fingerprint density at radius 3 is 2.44 bits per heavy atom. The van der Waals surface area contributed by atoms with Crippen molar-refractivity contribution in [2.24, 2.45) is 0 Å². The molecule has 1 heterocycles. The summed E-state index contributed by atoms with van der Waals surface area (Å²) in [5.74, 6) is 0.663. The van der Waals surface area contributed by atoms with E-state index < -0.39 is 0 Å². The predicted molar refractivity (Wildman–Crippen MR) is 65.6 cm³/mol. The molecule has 4 heteroatoms. The fraction of sp³-hybridized carbons (Fsp3) is 0.250. The van der Waals surface area contributed by atoms with E-state index in [9.17, 15) is 0 Å². The fourth-order valence-electron chi connectivity index (χ4n) is 1.75. The molecule has 0 N–H and O–H groups in total. The average Bonchev–Trinajstić information content (AvgIpc) is 2.95. The van der Waals surface area contributed by atoms with Crippen molar-refractivity contribution in [3.8, 4) is 5.69 Å². The second-order valence-electron chi connectivity index (χ2n) is 4.09. The zero-order valence-electron chi connectivity index (χ0n) is 8.53. The average molecular weight is 253 g/mol. The van der Waals surface area contributed by atoms with Crippen LogP contribution in [0.5, 0.6) is 0 Å². The molecule has 0 radical (unpaired) electrons. The lowest BCUT2D eigenvalue weighted by molar-refractivity contribution is 0.837. The molecule has 0 spiro atoms. The normalized spacial score (nSPS) is 15.4. The molecule has 1 fully saturated rings. The molecule has 2 nitrogen and oxygen atoms in total. The van der Waals surface area contributed by atoms with E-state index in [1.165, 1.54) is 12.8 Å². The van der Waals surface area contributed by atoms with Gasteiger partial charge in [-0.25, -0.2) is 4.68 Å². The van der Waals surface area contributed by atoms with Crippen LogP contribution in [0.15, 0.2) is 30.5 Å². The quantitative estimate of drug-likeness (QED) is 0.789. The molecule has 1 aromatic carbocycles. The maximum absolute atomic E-state index is 5.96. The molecule has 1 saturated carbocycles. The van der Waals surface area contributed by atoms with Crippen LogP contribution in [-0.2, 0) is 0 Å². The van der Waals surface area contributed by atoms with Gasteiger partial charge in [-0.15, -0.1) is 0 Å². The Morgan fingerprint density at radius 1 is 1.12 bits per heavy atom. The van der Waals surface area contributed by atoms with Crippen molar-refractivity contribution in [1.82, 2.24) is 9.78 Å². The van der Waals surface area contributed by atoms with Gasteiger partial charge in [0.25, 0.3) is 0 Å². The smallest absolute Gasteiger partial charge is 0.0675 e. The molecule has 0 aliphatic heterocycles. The summed E-state index contributed by atoms with van der Waals surface area (Å²) in [6.07, 6.45) is 4.47. The SMILES string of the molecule is Clc1cc(Cl)cc(-n2ccc(C3CC3)n2)c1. The van der Waals surface area contributed by atoms with Crippen molar-refractivity contribution >= 4 is 23.2 Å². The standard InChI is InChI=1S/C12H10Cl2N2/c13-9-5-10(14)7-11(6-9)16-4-3-12(15-16)8-1-2-8/h3-8H,1-2H2. The van der Waals surface area contributed by atoms with Crippen LogP contribution in [0.1, 0.15) is 24.5 Å². The molecule has 82 valence electrons. The van der Waals surface area contributed by atoms with E-state index in [0.717, 1.165) is 11.4 Å². The van der Waals surface area contributed by atoms with Crippen molar-refractivity contribution in [2.75, 3.05) is 0 Å². The molecule has 0 atom stereocenters. The Bertz CT molecular complexity index is 509. The molecule has 1 aliphatic rings. The van der Waals surface area contributed by atoms with Crippen molar-refractivity contribution < 1.29 is 0 Å². The number of halogens is 2. The van der Waals surface area contributed by atoms with Crippen LogP contribution < -0.4 is 0 Å². The molecule has 1 aromatic heterocycles. The summed E-state index contributed by atoms with van der Waals surface area (Å²) < 4.78 is 1.82. The number of hydrogen-bond donors (Lipinski definition) is 0. The zero-order valence-corrected chi connectivity index (χ0v) is 10.0. The predicted octanol–water partition coefficient (Wildman–Crippen LogP) is 4.06. The van der Waals surface area contributed by atoms with E-state index in [4.69, 9.17) is 23.2 Å². The van der Waals surface area contributed by atoms with Crippen LogP contribution in [0.3, 0.4) is 0 Å². The summed E-state index contributed by atoms with van der Waals surface area (Å²) >= 11 is 11.9. The Morgan fingerprint density at radius 2 is 1.81 bits per heavy atom. The molecule has 16 heavy (non-hydrogen) atoms. The molecule has 0 bridgehead atoms. The molecule has 3 rings (SSSR count). The first-order valence-electron chi connectivity index (χ1n) is 5.24. The monoisotopic (exact) mass is 252 g/mol. The van der Waals surface area contributed by atoms with Crippen LogP contribution in [0.2, 0.25) is 10.0 Å². The Hall–Kier alpha value is -0.990. The van der Waals surface area contributed by atoms with E-state index in [0.29, 0.717) is 16.0 Å². The lowest BCUT2D eigenvalue weighted by atomic mass is 10.3. The number of benzene rings is 1. The van der Waals surface area contributed by atoms with E-state index in [-0.39, 0.29) is 0 Å².